The zero-order valence-corrected chi connectivity index (χ0v) is 18.5. The number of carbonyl (C=O) groups excluding carboxylic acids is 1. The summed E-state index contributed by atoms with van der Waals surface area (Å²) in [5, 5.41) is 5.59. The Bertz CT molecular complexity index is 1100. The van der Waals surface area contributed by atoms with Crippen molar-refractivity contribution in [2.45, 2.75) is 5.92 Å². The third-order valence-corrected chi connectivity index (χ3v) is 5.12. The summed E-state index contributed by atoms with van der Waals surface area (Å²) in [5.74, 6) is 1.28. The number of rotatable bonds is 5. The summed E-state index contributed by atoms with van der Waals surface area (Å²) >= 11 is 0. The zero-order valence-electron chi connectivity index (χ0n) is 18.5. The van der Waals surface area contributed by atoms with E-state index in [1.165, 1.54) is 17.3 Å². The van der Waals surface area contributed by atoms with Crippen LogP contribution < -0.4 is 26.0 Å². The fraction of sp³-hybridized carbons (Fsp3) is 0.208. The van der Waals surface area contributed by atoms with Crippen LogP contribution in [-0.4, -0.2) is 43.6 Å². The van der Waals surface area contributed by atoms with E-state index in [4.69, 9.17) is 15.5 Å². The molecule has 0 bridgehead atoms. The summed E-state index contributed by atoms with van der Waals surface area (Å²) in [6.45, 7) is 4.12. The number of methoxy groups -OCH3 is 1. The summed E-state index contributed by atoms with van der Waals surface area (Å²) in [6, 6.07) is 15.9. The number of benzene rings is 2. The van der Waals surface area contributed by atoms with E-state index in [-0.39, 0.29) is 11.8 Å². The molecule has 1 unspecified atom stereocenters. The smallest absolute Gasteiger partial charge is 0.243 e. The van der Waals surface area contributed by atoms with Crippen molar-refractivity contribution in [2.75, 3.05) is 43.7 Å². The topological polar surface area (TPSA) is 105 Å². The van der Waals surface area contributed by atoms with E-state index in [0.717, 1.165) is 17.9 Å². The van der Waals surface area contributed by atoms with Gasteiger partial charge in [0.25, 0.3) is 0 Å². The standard InChI is InChI=1S/C20H21N5O.C4H7NO/c1-25-12-15(14-5-3-4-6-18(14)25)16-9-10-22-20(23-16)24-17-8-7-13(21)11-19(17)26-2;1-3-4(6)5-2/h3-11,15H,12,21H2,1-2H3,(H,22,23,24);3H,1H2,2H3,(H,5,6). The molecule has 32 heavy (non-hydrogen) atoms. The van der Waals surface area contributed by atoms with Gasteiger partial charge in [-0.1, -0.05) is 24.8 Å². The van der Waals surface area contributed by atoms with Crippen LogP contribution >= 0.6 is 0 Å². The van der Waals surface area contributed by atoms with Gasteiger partial charge >= 0.3 is 0 Å². The molecule has 4 N–H and O–H groups in total. The Morgan fingerprint density at radius 3 is 2.75 bits per heavy atom. The van der Waals surface area contributed by atoms with Crippen LogP contribution in [0.4, 0.5) is 23.0 Å². The molecule has 1 aliphatic rings. The number of amides is 1. The number of nitrogens with one attached hydrogen (secondary N) is 2. The average Bonchev–Trinajstić information content (AvgIpc) is 3.17. The van der Waals surface area contributed by atoms with Crippen LogP contribution in [0, 0.1) is 0 Å². The Balaban J connectivity index is 0.000000427. The third-order valence-electron chi connectivity index (χ3n) is 5.12. The number of anilines is 4. The first kappa shape index (κ1) is 22.6. The highest BCUT2D eigenvalue weighted by Crippen LogP contribution is 2.38. The predicted molar refractivity (Wildman–Crippen MR) is 129 cm³/mol. The number of likely N-dealkylation sites (N-methyl/N-ethyl adjacent to an activating group) is 2. The van der Waals surface area contributed by atoms with Crippen molar-refractivity contribution in [2.24, 2.45) is 0 Å². The number of carbonyl (C=O) groups is 1. The fourth-order valence-corrected chi connectivity index (χ4v) is 3.51. The van der Waals surface area contributed by atoms with Gasteiger partial charge in [-0.05, 0) is 35.9 Å². The van der Waals surface area contributed by atoms with E-state index in [1.54, 1.807) is 26.4 Å². The van der Waals surface area contributed by atoms with Crippen LogP contribution in [0.2, 0.25) is 0 Å². The molecular formula is C24H28N6O2. The lowest BCUT2D eigenvalue weighted by atomic mass is 9.98. The van der Waals surface area contributed by atoms with Gasteiger partial charge in [-0.15, -0.1) is 0 Å². The van der Waals surface area contributed by atoms with Crippen molar-refractivity contribution in [1.29, 1.82) is 0 Å². The van der Waals surface area contributed by atoms with Crippen molar-refractivity contribution < 1.29 is 9.53 Å². The number of fused-ring (bicyclic) bond motifs is 1. The van der Waals surface area contributed by atoms with Crippen molar-refractivity contribution in [3.8, 4) is 5.75 Å². The lowest BCUT2D eigenvalue weighted by molar-refractivity contribution is -0.116. The molecule has 0 saturated heterocycles. The van der Waals surface area contributed by atoms with Crippen molar-refractivity contribution in [1.82, 2.24) is 15.3 Å². The molecule has 2 heterocycles. The fourth-order valence-electron chi connectivity index (χ4n) is 3.51. The molecular weight excluding hydrogens is 404 g/mol. The summed E-state index contributed by atoms with van der Waals surface area (Å²) in [6.07, 6.45) is 3.01. The van der Waals surface area contributed by atoms with Gasteiger partial charge in [0.2, 0.25) is 11.9 Å². The maximum Gasteiger partial charge on any atom is 0.243 e. The summed E-state index contributed by atoms with van der Waals surface area (Å²) in [7, 11) is 5.28. The maximum absolute atomic E-state index is 9.95. The Labute approximate surface area is 188 Å². The van der Waals surface area contributed by atoms with Crippen LogP contribution in [0.25, 0.3) is 0 Å². The molecule has 166 valence electrons. The molecule has 0 aliphatic carbocycles. The number of nitrogens with two attached hydrogens (primary N) is 1. The highest BCUT2D eigenvalue weighted by molar-refractivity contribution is 5.86. The summed E-state index contributed by atoms with van der Waals surface area (Å²) in [4.78, 5) is 21.3. The number of nitrogen functional groups attached to an aromatic ring is 1. The molecule has 0 spiro atoms. The van der Waals surface area contributed by atoms with E-state index in [1.807, 2.05) is 18.2 Å². The molecule has 2 aromatic carbocycles. The van der Waals surface area contributed by atoms with Crippen molar-refractivity contribution in [3.05, 3.63) is 78.6 Å². The van der Waals surface area contributed by atoms with E-state index >= 15 is 0 Å². The van der Waals surface area contributed by atoms with Gasteiger partial charge in [0.05, 0.1) is 18.5 Å². The Morgan fingerprint density at radius 2 is 2.06 bits per heavy atom. The van der Waals surface area contributed by atoms with Crippen molar-refractivity contribution >= 4 is 28.9 Å². The molecule has 1 aliphatic heterocycles. The summed E-state index contributed by atoms with van der Waals surface area (Å²) in [5.41, 5.74) is 10.8. The first-order valence-corrected chi connectivity index (χ1v) is 10.1. The van der Waals surface area contributed by atoms with Gasteiger partial charge in [-0.25, -0.2) is 9.97 Å². The molecule has 8 heteroatoms. The molecule has 8 nitrogen and oxygen atoms in total. The monoisotopic (exact) mass is 432 g/mol. The summed E-state index contributed by atoms with van der Waals surface area (Å²) < 4.78 is 5.38. The molecule has 4 rings (SSSR count). The SMILES string of the molecule is C=CC(=O)NC.COc1cc(N)ccc1Nc1nccc(C2CN(C)c3ccccc32)n1. The maximum atomic E-state index is 9.95. The van der Waals surface area contributed by atoms with Crippen LogP contribution in [0.1, 0.15) is 17.2 Å². The quantitative estimate of drug-likeness (QED) is 0.420. The van der Waals surface area contributed by atoms with E-state index in [9.17, 15) is 4.79 Å². The second-order valence-corrected chi connectivity index (χ2v) is 7.20. The number of nitrogens with zero attached hydrogens (tertiary/aromatic N) is 3. The second-order valence-electron chi connectivity index (χ2n) is 7.20. The predicted octanol–water partition coefficient (Wildman–Crippen LogP) is 3.31. The van der Waals surface area contributed by atoms with Crippen LogP contribution in [0.5, 0.6) is 5.75 Å². The zero-order chi connectivity index (χ0) is 23.1. The number of hydrogen-bond donors (Lipinski definition) is 3. The molecule has 1 amide bonds. The van der Waals surface area contributed by atoms with Gasteiger partial charge in [0, 0.05) is 50.2 Å². The van der Waals surface area contributed by atoms with Gasteiger partial charge in [-0.3, -0.25) is 4.79 Å². The molecule has 0 radical (unpaired) electrons. The lowest BCUT2D eigenvalue weighted by Gasteiger charge is -2.14. The van der Waals surface area contributed by atoms with E-state index < -0.39 is 0 Å². The number of ether oxygens (including phenoxy) is 1. The van der Waals surface area contributed by atoms with Gasteiger partial charge < -0.3 is 26.0 Å². The minimum absolute atomic E-state index is 0.144. The number of hydrogen-bond acceptors (Lipinski definition) is 7. The molecule has 1 aromatic heterocycles. The average molecular weight is 433 g/mol. The van der Waals surface area contributed by atoms with Gasteiger partial charge in [0.1, 0.15) is 5.75 Å². The Morgan fingerprint density at radius 1 is 1.28 bits per heavy atom. The first-order valence-electron chi connectivity index (χ1n) is 10.1. The van der Waals surface area contributed by atoms with Crippen LogP contribution in [0.3, 0.4) is 0 Å². The molecule has 1 atom stereocenters. The van der Waals surface area contributed by atoms with Gasteiger partial charge in [-0.2, -0.15) is 0 Å². The molecule has 3 aromatic rings. The van der Waals surface area contributed by atoms with E-state index in [0.29, 0.717) is 17.4 Å². The minimum Gasteiger partial charge on any atom is -0.494 e. The minimum atomic E-state index is -0.144. The lowest BCUT2D eigenvalue weighted by Crippen LogP contribution is -2.16. The Kier molecular flexibility index (Phi) is 7.28. The first-order chi connectivity index (χ1) is 15.5. The Hall–Kier alpha value is -4.07. The normalized spacial score (nSPS) is 14.0. The van der Waals surface area contributed by atoms with Crippen LogP contribution in [-0.2, 0) is 4.79 Å². The highest BCUT2D eigenvalue weighted by Gasteiger charge is 2.28. The molecule has 0 saturated carbocycles. The number of para-hydroxylation sites is 1. The second kappa shape index (κ2) is 10.3. The van der Waals surface area contributed by atoms with Gasteiger partial charge in [0.15, 0.2) is 0 Å². The van der Waals surface area contributed by atoms with Crippen molar-refractivity contribution in [3.63, 3.8) is 0 Å². The third kappa shape index (κ3) is 5.15. The molecule has 0 fully saturated rings. The highest BCUT2D eigenvalue weighted by atomic mass is 16.5. The van der Waals surface area contributed by atoms with Crippen LogP contribution in [0.15, 0.2) is 67.4 Å². The largest absolute Gasteiger partial charge is 0.494 e. The van der Waals surface area contributed by atoms with E-state index in [2.05, 4.69) is 58.4 Å². The number of aromatic nitrogens is 2.